The van der Waals surface area contributed by atoms with Gasteiger partial charge in [0.2, 0.25) is 11.8 Å². The summed E-state index contributed by atoms with van der Waals surface area (Å²) in [4.78, 5) is 54.8. The smallest absolute Gasteiger partial charge is 0.342 e. The first-order chi connectivity index (χ1) is 14.7. The Labute approximate surface area is 183 Å². The molecule has 1 saturated carbocycles. The lowest BCUT2D eigenvalue weighted by atomic mass is 9.81. The van der Waals surface area contributed by atoms with Crippen LogP contribution in [0.4, 0.5) is 9.59 Å². The Kier molecular flexibility index (Phi) is 7.20. The van der Waals surface area contributed by atoms with Crippen LogP contribution in [0.5, 0.6) is 0 Å². The molecule has 0 unspecified atom stereocenters. The maximum Gasteiger partial charge on any atom is 0.451 e. The standard InChI is InChI=1S/C21H35N5O5/c1-23-20(29)25(21(30)26(23,2)3)14-17(18(27)22-31)16(13-15-9-5-6-10-15)19(28)24-11-7-4-8-12-24/h15-17H,4-14H2,1-3H3,(H-,22,27,31)/p+1/t16-,17+/m1/s1. The third kappa shape index (κ3) is 4.69. The highest BCUT2D eigenvalue weighted by atomic mass is 16.5. The zero-order valence-electron chi connectivity index (χ0n) is 18.9. The van der Waals surface area contributed by atoms with E-state index in [1.165, 1.54) is 12.1 Å². The molecule has 2 aliphatic heterocycles. The summed E-state index contributed by atoms with van der Waals surface area (Å²) in [5, 5.41) is 10.7. The van der Waals surface area contributed by atoms with Crippen LogP contribution in [-0.2, 0) is 9.59 Å². The zero-order valence-corrected chi connectivity index (χ0v) is 18.9. The highest BCUT2D eigenvalue weighted by Gasteiger charge is 2.53. The summed E-state index contributed by atoms with van der Waals surface area (Å²) in [6, 6.07) is -0.982. The van der Waals surface area contributed by atoms with E-state index in [1.807, 2.05) is 0 Å². The second-order valence-corrected chi connectivity index (χ2v) is 9.55. The van der Waals surface area contributed by atoms with Crippen molar-refractivity contribution in [3.63, 3.8) is 0 Å². The van der Waals surface area contributed by atoms with Gasteiger partial charge in [-0.1, -0.05) is 25.7 Å². The van der Waals surface area contributed by atoms with Gasteiger partial charge in [-0.05, 0) is 31.6 Å². The number of carbonyl (C=O) groups excluding carboxylic acids is 4. The maximum absolute atomic E-state index is 13.5. The fraction of sp³-hybridized carbons (Fsp3) is 0.810. The predicted octanol–water partition coefficient (Wildman–Crippen LogP) is 1.80. The van der Waals surface area contributed by atoms with Crippen LogP contribution in [0.3, 0.4) is 0 Å². The third-order valence-corrected chi connectivity index (χ3v) is 7.32. The quantitative estimate of drug-likeness (QED) is 0.358. The molecular formula is C21H36N5O5+. The largest absolute Gasteiger partial charge is 0.451 e. The van der Waals surface area contributed by atoms with Crippen LogP contribution in [0, 0.1) is 17.8 Å². The van der Waals surface area contributed by atoms with E-state index >= 15 is 0 Å². The molecule has 0 aromatic rings. The second kappa shape index (κ2) is 9.52. The van der Waals surface area contributed by atoms with Gasteiger partial charge in [0.05, 0.1) is 18.9 Å². The Morgan fingerprint density at radius 3 is 2.19 bits per heavy atom. The Morgan fingerprint density at radius 2 is 1.68 bits per heavy atom. The SMILES string of the molecule is CN1C(=O)N(C[C@H](C(=O)NO)[C@@H](CC2CCCC2)C(=O)N2CCCCC2)C(=O)[N+]1(C)C. The molecule has 0 bridgehead atoms. The molecule has 0 aromatic carbocycles. The van der Waals surface area contributed by atoms with Crippen LogP contribution in [0.25, 0.3) is 0 Å². The molecule has 3 rings (SSSR count). The van der Waals surface area contributed by atoms with Crippen molar-refractivity contribution in [2.75, 3.05) is 40.8 Å². The molecule has 174 valence electrons. The van der Waals surface area contributed by atoms with Gasteiger partial charge < -0.3 is 4.90 Å². The van der Waals surface area contributed by atoms with Crippen molar-refractivity contribution < 1.29 is 29.0 Å². The van der Waals surface area contributed by atoms with Gasteiger partial charge in [-0.3, -0.25) is 14.8 Å². The number of nitrogens with zero attached hydrogens (tertiary/aromatic N) is 4. The van der Waals surface area contributed by atoms with Gasteiger partial charge in [0.25, 0.3) is 0 Å². The monoisotopic (exact) mass is 438 g/mol. The first-order valence-electron chi connectivity index (χ1n) is 11.4. The third-order valence-electron chi connectivity index (χ3n) is 7.32. The normalized spacial score (nSPS) is 23.9. The molecule has 2 atom stereocenters. The van der Waals surface area contributed by atoms with Crippen LogP contribution in [0.15, 0.2) is 0 Å². The van der Waals surface area contributed by atoms with Gasteiger partial charge in [-0.2, -0.15) is 5.01 Å². The van der Waals surface area contributed by atoms with Crippen molar-refractivity contribution in [3.8, 4) is 0 Å². The Morgan fingerprint density at radius 1 is 1.06 bits per heavy atom. The fourth-order valence-corrected chi connectivity index (χ4v) is 5.11. The van der Waals surface area contributed by atoms with Crippen molar-refractivity contribution in [2.45, 2.75) is 51.4 Å². The first kappa shape index (κ1) is 23.5. The highest BCUT2D eigenvalue weighted by Crippen LogP contribution is 2.35. The molecule has 0 spiro atoms. The lowest BCUT2D eigenvalue weighted by molar-refractivity contribution is -0.907. The molecular weight excluding hydrogens is 402 g/mol. The summed E-state index contributed by atoms with van der Waals surface area (Å²) in [7, 11) is 4.71. The predicted molar refractivity (Wildman–Crippen MR) is 111 cm³/mol. The number of imide groups is 1. The Bertz CT molecular complexity index is 715. The number of nitrogens with one attached hydrogen (secondary N) is 1. The van der Waals surface area contributed by atoms with E-state index in [2.05, 4.69) is 0 Å². The molecule has 0 aromatic heterocycles. The van der Waals surface area contributed by atoms with Crippen molar-refractivity contribution in [3.05, 3.63) is 0 Å². The second-order valence-electron chi connectivity index (χ2n) is 9.55. The number of amides is 6. The maximum atomic E-state index is 13.5. The minimum atomic E-state index is -1.00. The lowest BCUT2D eigenvalue weighted by Crippen LogP contribution is -2.52. The van der Waals surface area contributed by atoms with Gasteiger partial charge in [0.15, 0.2) is 0 Å². The summed E-state index contributed by atoms with van der Waals surface area (Å²) < 4.78 is -0.292. The van der Waals surface area contributed by atoms with Crippen molar-refractivity contribution >= 4 is 23.9 Å². The average Bonchev–Trinajstić information content (AvgIpc) is 3.34. The van der Waals surface area contributed by atoms with E-state index in [4.69, 9.17) is 0 Å². The van der Waals surface area contributed by atoms with Gasteiger partial charge in [-0.25, -0.2) is 20.0 Å². The summed E-state index contributed by atoms with van der Waals surface area (Å²) in [6.45, 7) is 1.08. The molecule has 2 N–H and O–H groups in total. The van der Waals surface area contributed by atoms with Crippen LogP contribution in [-0.4, -0.2) is 89.3 Å². The number of hydroxylamine groups is 1. The topological polar surface area (TPSA) is 110 Å². The number of hydrogen-bond donors (Lipinski definition) is 2. The Balaban J connectivity index is 1.88. The molecule has 3 fully saturated rings. The van der Waals surface area contributed by atoms with Crippen LogP contribution in [0.2, 0.25) is 0 Å². The van der Waals surface area contributed by atoms with Gasteiger partial charge in [0, 0.05) is 19.6 Å². The number of piperidine rings is 1. The number of quaternary nitrogens is 1. The van der Waals surface area contributed by atoms with Crippen LogP contribution in [0.1, 0.15) is 51.4 Å². The lowest BCUT2D eigenvalue weighted by Gasteiger charge is -2.34. The molecule has 31 heavy (non-hydrogen) atoms. The van der Waals surface area contributed by atoms with Crippen molar-refractivity contribution in [1.29, 1.82) is 0 Å². The average molecular weight is 439 g/mol. The number of urea groups is 2. The van der Waals surface area contributed by atoms with E-state index in [1.54, 1.807) is 24.5 Å². The van der Waals surface area contributed by atoms with E-state index in [-0.39, 0.29) is 17.0 Å². The minimum Gasteiger partial charge on any atom is -0.342 e. The zero-order chi connectivity index (χ0) is 22.8. The summed E-state index contributed by atoms with van der Waals surface area (Å²) >= 11 is 0. The van der Waals surface area contributed by atoms with E-state index < -0.39 is 29.8 Å². The van der Waals surface area contributed by atoms with Gasteiger partial charge in [0.1, 0.15) is 14.1 Å². The van der Waals surface area contributed by atoms with E-state index in [0.29, 0.717) is 25.4 Å². The number of hydrogen-bond acceptors (Lipinski definition) is 5. The molecule has 1 aliphatic carbocycles. The number of likely N-dealkylation sites (tertiary alicyclic amines) is 1. The van der Waals surface area contributed by atoms with Gasteiger partial charge >= 0.3 is 12.1 Å². The molecule has 2 saturated heterocycles. The van der Waals surface area contributed by atoms with Gasteiger partial charge in [-0.15, -0.1) is 4.59 Å². The molecule has 6 amide bonds. The van der Waals surface area contributed by atoms with Crippen molar-refractivity contribution in [2.24, 2.45) is 17.8 Å². The van der Waals surface area contributed by atoms with E-state index in [0.717, 1.165) is 49.8 Å². The van der Waals surface area contributed by atoms with Crippen LogP contribution >= 0.6 is 0 Å². The molecule has 10 heteroatoms. The van der Waals surface area contributed by atoms with Crippen LogP contribution < -0.4 is 5.48 Å². The molecule has 0 radical (unpaired) electrons. The summed E-state index contributed by atoms with van der Waals surface area (Å²) in [5.41, 5.74) is 1.69. The molecule has 3 aliphatic rings. The number of carbonyl (C=O) groups is 4. The minimum absolute atomic E-state index is 0.110. The fourth-order valence-electron chi connectivity index (χ4n) is 5.11. The van der Waals surface area contributed by atoms with E-state index in [9.17, 15) is 24.4 Å². The Hall–Kier alpha value is -2.20. The number of rotatable bonds is 7. The summed E-state index contributed by atoms with van der Waals surface area (Å²) in [5.74, 6) is -2.20. The molecule has 2 heterocycles. The summed E-state index contributed by atoms with van der Waals surface area (Å²) in [6.07, 6.45) is 7.68. The van der Waals surface area contributed by atoms with Crippen molar-refractivity contribution in [1.82, 2.24) is 20.3 Å². The first-order valence-corrected chi connectivity index (χ1v) is 11.4. The highest BCUT2D eigenvalue weighted by molar-refractivity contribution is 5.95. The molecule has 10 nitrogen and oxygen atoms in total.